The minimum absolute atomic E-state index is 0.00358. The summed E-state index contributed by atoms with van der Waals surface area (Å²) in [5.41, 5.74) is 6.70. The molecule has 1 atom stereocenters. The van der Waals surface area contributed by atoms with Gasteiger partial charge in [-0.15, -0.1) is 0 Å². The lowest BCUT2D eigenvalue weighted by Gasteiger charge is -2.23. The zero-order valence-corrected chi connectivity index (χ0v) is 14.7. The molecule has 1 amide bonds. The Kier molecular flexibility index (Phi) is 5.52. The van der Waals surface area contributed by atoms with Gasteiger partial charge in [0.2, 0.25) is 5.95 Å². The number of amides is 1. The van der Waals surface area contributed by atoms with Crippen molar-refractivity contribution in [3.8, 4) is 5.75 Å². The second-order valence-electron chi connectivity index (χ2n) is 6.17. The molecule has 8 nitrogen and oxygen atoms in total. The molecule has 0 radical (unpaired) electrons. The summed E-state index contributed by atoms with van der Waals surface area (Å²) in [7, 11) is 1.62. The maximum Gasteiger partial charge on any atom is 0.254 e. The first kappa shape index (κ1) is 17.9. The van der Waals surface area contributed by atoms with Gasteiger partial charge >= 0.3 is 0 Å². The summed E-state index contributed by atoms with van der Waals surface area (Å²) in [5, 5.41) is 12.7. The Bertz CT molecular complexity index is 766. The number of hydrogen-bond donors (Lipinski definition) is 3. The fourth-order valence-corrected chi connectivity index (χ4v) is 3.04. The molecule has 1 aromatic carbocycles. The predicted octanol–water partition coefficient (Wildman–Crippen LogP) is 1.16. The summed E-state index contributed by atoms with van der Waals surface area (Å²) in [6.07, 6.45) is 3.31. The number of nitrogens with zero attached hydrogens (tertiary/aromatic N) is 3. The summed E-state index contributed by atoms with van der Waals surface area (Å²) in [6, 6.07) is 7.60. The summed E-state index contributed by atoms with van der Waals surface area (Å²) < 4.78 is 5.15. The van der Waals surface area contributed by atoms with Gasteiger partial charge in [-0.1, -0.05) is 12.1 Å². The van der Waals surface area contributed by atoms with Crippen LogP contribution in [-0.2, 0) is 6.54 Å². The molecule has 0 aliphatic carbocycles. The van der Waals surface area contributed by atoms with Gasteiger partial charge in [0, 0.05) is 19.3 Å². The second-order valence-corrected chi connectivity index (χ2v) is 6.17. The number of primary amides is 1. The topological polar surface area (TPSA) is 114 Å². The highest BCUT2D eigenvalue weighted by Gasteiger charge is 2.27. The Morgan fingerprint density at radius 2 is 2.19 bits per heavy atom. The molecule has 1 aliphatic rings. The number of aliphatic hydroxyl groups is 1. The molecule has 1 saturated heterocycles. The Balaban J connectivity index is 1.81. The van der Waals surface area contributed by atoms with Crippen LogP contribution in [0.25, 0.3) is 0 Å². The van der Waals surface area contributed by atoms with E-state index in [1.54, 1.807) is 7.11 Å². The maximum absolute atomic E-state index is 11.7. The van der Waals surface area contributed by atoms with Crippen molar-refractivity contribution >= 4 is 17.7 Å². The van der Waals surface area contributed by atoms with Gasteiger partial charge in [0.25, 0.3) is 5.91 Å². The number of benzene rings is 1. The Labute approximate surface area is 152 Å². The third-order valence-electron chi connectivity index (χ3n) is 4.51. The number of anilines is 2. The highest BCUT2D eigenvalue weighted by molar-refractivity contribution is 5.97. The van der Waals surface area contributed by atoms with Gasteiger partial charge in [0.05, 0.1) is 25.3 Å². The average molecular weight is 357 g/mol. The Morgan fingerprint density at radius 3 is 2.85 bits per heavy atom. The summed E-state index contributed by atoms with van der Waals surface area (Å²) in [6.45, 7) is 1.30. The lowest BCUT2D eigenvalue weighted by molar-refractivity contribution is 0.100. The van der Waals surface area contributed by atoms with Gasteiger partial charge in [-0.25, -0.2) is 4.98 Å². The molecular weight excluding hydrogens is 334 g/mol. The van der Waals surface area contributed by atoms with E-state index in [0.717, 1.165) is 30.7 Å². The molecule has 1 fully saturated rings. The van der Waals surface area contributed by atoms with E-state index in [-0.39, 0.29) is 18.2 Å². The zero-order valence-electron chi connectivity index (χ0n) is 14.7. The van der Waals surface area contributed by atoms with E-state index >= 15 is 0 Å². The van der Waals surface area contributed by atoms with E-state index in [1.807, 2.05) is 29.2 Å². The lowest BCUT2D eigenvalue weighted by atomic mass is 10.2. The van der Waals surface area contributed by atoms with E-state index in [1.165, 1.54) is 6.20 Å². The standard InChI is InChI=1S/C18H23N5O3/c1-26-14-6-4-12(5-7-14)9-20-17-15(16(19)25)10-21-18(22-17)23-8-2-3-13(23)11-24/h4-7,10,13,24H,2-3,8-9,11H2,1H3,(H2,19,25)(H,20,21,22)/t13-/m1/s1. The molecule has 1 aliphatic heterocycles. The van der Waals surface area contributed by atoms with E-state index in [0.29, 0.717) is 18.3 Å². The van der Waals surface area contributed by atoms with Crippen LogP contribution in [0.1, 0.15) is 28.8 Å². The normalized spacial score (nSPS) is 16.5. The minimum Gasteiger partial charge on any atom is -0.497 e. The number of rotatable bonds is 7. The molecule has 3 rings (SSSR count). The number of carbonyl (C=O) groups excluding carboxylic acids is 1. The number of aromatic nitrogens is 2. The number of nitrogens with one attached hydrogen (secondary N) is 1. The molecule has 0 bridgehead atoms. The van der Waals surface area contributed by atoms with Crippen LogP contribution in [0.2, 0.25) is 0 Å². The van der Waals surface area contributed by atoms with Gasteiger partial charge in [-0.3, -0.25) is 4.79 Å². The number of carbonyl (C=O) groups is 1. The molecule has 0 unspecified atom stereocenters. The second kappa shape index (κ2) is 8.01. The van der Waals surface area contributed by atoms with Gasteiger partial charge in [-0.2, -0.15) is 4.98 Å². The fraction of sp³-hybridized carbons (Fsp3) is 0.389. The molecule has 0 spiro atoms. The van der Waals surface area contributed by atoms with Crippen LogP contribution in [0.3, 0.4) is 0 Å². The van der Waals surface area contributed by atoms with Crippen molar-refractivity contribution in [3.05, 3.63) is 41.6 Å². The van der Waals surface area contributed by atoms with Crippen molar-refractivity contribution in [2.45, 2.75) is 25.4 Å². The van der Waals surface area contributed by atoms with Crippen LogP contribution in [0, 0.1) is 0 Å². The lowest BCUT2D eigenvalue weighted by Crippen LogP contribution is -2.34. The van der Waals surface area contributed by atoms with Crippen LogP contribution in [0.4, 0.5) is 11.8 Å². The first-order valence-electron chi connectivity index (χ1n) is 8.53. The minimum atomic E-state index is -0.589. The van der Waals surface area contributed by atoms with Gasteiger partial charge < -0.3 is 25.8 Å². The van der Waals surface area contributed by atoms with E-state index in [2.05, 4.69) is 15.3 Å². The van der Waals surface area contributed by atoms with Crippen molar-refractivity contribution in [2.24, 2.45) is 5.73 Å². The van der Waals surface area contributed by atoms with Crippen molar-refractivity contribution in [1.82, 2.24) is 9.97 Å². The first-order chi connectivity index (χ1) is 12.6. The highest BCUT2D eigenvalue weighted by atomic mass is 16.5. The molecule has 2 heterocycles. The molecular formula is C18H23N5O3. The van der Waals surface area contributed by atoms with Crippen LogP contribution in [-0.4, -0.2) is 47.3 Å². The molecule has 2 aromatic rings. The highest BCUT2D eigenvalue weighted by Crippen LogP contribution is 2.24. The van der Waals surface area contributed by atoms with Crippen molar-refractivity contribution in [3.63, 3.8) is 0 Å². The molecule has 1 aromatic heterocycles. The molecule has 26 heavy (non-hydrogen) atoms. The van der Waals surface area contributed by atoms with Crippen molar-refractivity contribution in [2.75, 3.05) is 30.5 Å². The smallest absolute Gasteiger partial charge is 0.254 e. The maximum atomic E-state index is 11.7. The number of nitrogens with two attached hydrogens (primary N) is 1. The number of aliphatic hydroxyl groups excluding tert-OH is 1. The average Bonchev–Trinajstić information content (AvgIpc) is 3.15. The summed E-state index contributed by atoms with van der Waals surface area (Å²) in [4.78, 5) is 22.4. The van der Waals surface area contributed by atoms with Crippen LogP contribution >= 0.6 is 0 Å². The monoisotopic (exact) mass is 357 g/mol. The van der Waals surface area contributed by atoms with Crippen LogP contribution in [0.5, 0.6) is 5.75 Å². The van der Waals surface area contributed by atoms with Crippen LogP contribution in [0.15, 0.2) is 30.5 Å². The van der Waals surface area contributed by atoms with E-state index < -0.39 is 5.91 Å². The third kappa shape index (κ3) is 3.85. The van der Waals surface area contributed by atoms with Crippen molar-refractivity contribution < 1.29 is 14.6 Å². The zero-order chi connectivity index (χ0) is 18.5. The van der Waals surface area contributed by atoms with Crippen LogP contribution < -0.4 is 20.7 Å². The summed E-state index contributed by atoms with van der Waals surface area (Å²) in [5.74, 6) is 1.07. The van der Waals surface area contributed by atoms with Crippen molar-refractivity contribution in [1.29, 1.82) is 0 Å². The fourth-order valence-electron chi connectivity index (χ4n) is 3.04. The number of methoxy groups -OCH3 is 1. The third-order valence-corrected chi connectivity index (χ3v) is 4.51. The SMILES string of the molecule is COc1ccc(CNc2nc(N3CCC[C@@H]3CO)ncc2C(N)=O)cc1. The van der Waals surface area contributed by atoms with E-state index in [4.69, 9.17) is 10.5 Å². The molecule has 138 valence electrons. The Morgan fingerprint density at radius 1 is 1.42 bits per heavy atom. The molecule has 8 heteroatoms. The van der Waals surface area contributed by atoms with Gasteiger partial charge in [0.15, 0.2) is 0 Å². The van der Waals surface area contributed by atoms with Gasteiger partial charge in [-0.05, 0) is 30.5 Å². The first-order valence-corrected chi connectivity index (χ1v) is 8.53. The molecule has 0 saturated carbocycles. The van der Waals surface area contributed by atoms with Gasteiger partial charge in [0.1, 0.15) is 11.6 Å². The number of ether oxygens (including phenoxy) is 1. The van der Waals surface area contributed by atoms with E-state index in [9.17, 15) is 9.90 Å². The largest absolute Gasteiger partial charge is 0.497 e. The quantitative estimate of drug-likeness (QED) is 0.681. The Hall–Kier alpha value is -2.87. The molecule has 4 N–H and O–H groups in total. The predicted molar refractivity (Wildman–Crippen MR) is 98.3 cm³/mol. The number of hydrogen-bond acceptors (Lipinski definition) is 7. The summed E-state index contributed by atoms with van der Waals surface area (Å²) >= 11 is 0.